The smallest absolute Gasteiger partial charge is 0.129 e. The molecule has 0 bridgehead atoms. The Labute approximate surface area is 99.8 Å². The summed E-state index contributed by atoms with van der Waals surface area (Å²) in [5.41, 5.74) is 0.0979. The summed E-state index contributed by atoms with van der Waals surface area (Å²) in [4.78, 5) is 4.41. The highest BCUT2D eigenvalue weighted by Gasteiger charge is 2.42. The van der Waals surface area contributed by atoms with Gasteiger partial charge in [0.15, 0.2) is 0 Å². The summed E-state index contributed by atoms with van der Waals surface area (Å²) in [6.45, 7) is 14.3. The number of hydrogen-bond acceptors (Lipinski definition) is 2. The Morgan fingerprint density at radius 3 is 1.88 bits per heavy atom. The molecule has 0 aliphatic carbocycles. The summed E-state index contributed by atoms with van der Waals surface area (Å²) in [6, 6.07) is 0.0271. The lowest BCUT2D eigenvalue weighted by Crippen LogP contribution is -2.50. The van der Waals surface area contributed by atoms with Gasteiger partial charge in [0.25, 0.3) is 0 Å². The number of rotatable bonds is 1. The van der Waals surface area contributed by atoms with Crippen molar-refractivity contribution in [3.63, 3.8) is 0 Å². The lowest BCUT2D eigenvalue weighted by Gasteiger charge is -2.38. The Morgan fingerprint density at radius 1 is 1.06 bits per heavy atom. The standard InChI is InChI=1S/C13H27FN2/c1-12(2,3)15(7)11-9-16(8-10(11)14)13(4,5)6/h10-11H,8-9H2,1-7H3/t10-,11?/m1/s1. The van der Waals surface area contributed by atoms with E-state index in [0.717, 1.165) is 6.54 Å². The van der Waals surface area contributed by atoms with Crippen LogP contribution in [0.25, 0.3) is 0 Å². The van der Waals surface area contributed by atoms with E-state index in [9.17, 15) is 4.39 Å². The summed E-state index contributed by atoms with van der Waals surface area (Å²) in [5.74, 6) is 0. The number of nitrogens with zero attached hydrogens (tertiary/aromatic N) is 2. The van der Waals surface area contributed by atoms with Crippen molar-refractivity contribution in [2.75, 3.05) is 20.1 Å². The van der Waals surface area contributed by atoms with Crippen molar-refractivity contribution in [1.29, 1.82) is 0 Å². The van der Waals surface area contributed by atoms with Gasteiger partial charge in [0.1, 0.15) is 6.17 Å². The number of alkyl halides is 1. The molecule has 2 atom stereocenters. The molecule has 3 heteroatoms. The quantitative estimate of drug-likeness (QED) is 0.683. The van der Waals surface area contributed by atoms with E-state index in [2.05, 4.69) is 51.3 Å². The van der Waals surface area contributed by atoms with Gasteiger partial charge in [-0.3, -0.25) is 9.80 Å². The lowest BCUT2D eigenvalue weighted by atomic mass is 10.0. The average Bonchev–Trinajstić information content (AvgIpc) is 2.43. The molecule has 0 aromatic carbocycles. The Hall–Kier alpha value is -0.150. The predicted octanol–water partition coefficient (Wildman–Crippen LogP) is 2.54. The van der Waals surface area contributed by atoms with E-state index < -0.39 is 6.17 Å². The third-order valence-corrected chi connectivity index (χ3v) is 3.72. The van der Waals surface area contributed by atoms with Crippen LogP contribution in [0, 0.1) is 0 Å². The average molecular weight is 230 g/mol. The van der Waals surface area contributed by atoms with E-state index in [1.807, 2.05) is 7.05 Å². The Morgan fingerprint density at radius 2 is 1.56 bits per heavy atom. The first-order valence-electron chi connectivity index (χ1n) is 6.15. The van der Waals surface area contributed by atoms with E-state index in [1.165, 1.54) is 0 Å². The van der Waals surface area contributed by atoms with Crippen molar-refractivity contribution >= 4 is 0 Å². The van der Waals surface area contributed by atoms with Crippen molar-refractivity contribution < 1.29 is 4.39 Å². The summed E-state index contributed by atoms with van der Waals surface area (Å²) >= 11 is 0. The largest absolute Gasteiger partial charge is 0.294 e. The van der Waals surface area contributed by atoms with E-state index >= 15 is 0 Å². The zero-order chi connectivity index (χ0) is 12.7. The topological polar surface area (TPSA) is 6.48 Å². The fourth-order valence-electron chi connectivity index (χ4n) is 2.16. The van der Waals surface area contributed by atoms with Crippen molar-refractivity contribution in [3.05, 3.63) is 0 Å². The van der Waals surface area contributed by atoms with Gasteiger partial charge in [-0.1, -0.05) is 0 Å². The summed E-state index contributed by atoms with van der Waals surface area (Å²) in [6.07, 6.45) is -0.733. The molecule has 16 heavy (non-hydrogen) atoms. The van der Waals surface area contributed by atoms with Crippen LogP contribution >= 0.6 is 0 Å². The monoisotopic (exact) mass is 230 g/mol. The van der Waals surface area contributed by atoms with Gasteiger partial charge in [0.2, 0.25) is 0 Å². The summed E-state index contributed by atoms with van der Waals surface area (Å²) < 4.78 is 14.1. The van der Waals surface area contributed by atoms with Gasteiger partial charge in [-0.15, -0.1) is 0 Å². The molecule has 0 aromatic heterocycles. The molecule has 0 spiro atoms. The number of likely N-dealkylation sites (tertiary alicyclic amines) is 1. The highest BCUT2D eigenvalue weighted by molar-refractivity contribution is 4.97. The molecule has 1 aliphatic rings. The van der Waals surface area contributed by atoms with E-state index in [1.54, 1.807) is 0 Å². The van der Waals surface area contributed by atoms with Crippen molar-refractivity contribution in [3.8, 4) is 0 Å². The third kappa shape index (κ3) is 2.95. The molecule has 2 nitrogen and oxygen atoms in total. The van der Waals surface area contributed by atoms with Crippen molar-refractivity contribution in [2.24, 2.45) is 0 Å². The van der Waals surface area contributed by atoms with Crippen LogP contribution in [0.15, 0.2) is 0 Å². The van der Waals surface area contributed by atoms with Crippen LogP contribution < -0.4 is 0 Å². The van der Waals surface area contributed by atoms with E-state index in [0.29, 0.717) is 6.54 Å². The van der Waals surface area contributed by atoms with E-state index in [4.69, 9.17) is 0 Å². The van der Waals surface area contributed by atoms with Crippen LogP contribution in [0.4, 0.5) is 4.39 Å². The first kappa shape index (κ1) is 13.9. The van der Waals surface area contributed by atoms with Crippen LogP contribution in [0.2, 0.25) is 0 Å². The number of likely N-dealkylation sites (N-methyl/N-ethyl adjacent to an activating group) is 1. The number of hydrogen-bond donors (Lipinski definition) is 0. The van der Waals surface area contributed by atoms with Crippen LogP contribution in [-0.2, 0) is 0 Å². The zero-order valence-electron chi connectivity index (χ0n) is 11.8. The molecular weight excluding hydrogens is 203 g/mol. The molecule has 1 fully saturated rings. The molecule has 1 saturated heterocycles. The maximum Gasteiger partial charge on any atom is 0.129 e. The molecule has 0 saturated carbocycles. The molecule has 0 aromatic rings. The van der Waals surface area contributed by atoms with Crippen molar-refractivity contribution in [2.45, 2.75) is 64.8 Å². The molecule has 96 valence electrons. The SMILES string of the molecule is CN(C1CN(C(C)(C)C)C[C@H]1F)C(C)(C)C. The van der Waals surface area contributed by atoms with Crippen molar-refractivity contribution in [1.82, 2.24) is 9.80 Å². The minimum Gasteiger partial charge on any atom is -0.294 e. The van der Waals surface area contributed by atoms with Gasteiger partial charge in [0, 0.05) is 24.2 Å². The van der Waals surface area contributed by atoms with Gasteiger partial charge in [-0.05, 0) is 48.6 Å². The number of halogens is 1. The highest BCUT2D eigenvalue weighted by atomic mass is 19.1. The predicted molar refractivity (Wildman–Crippen MR) is 67.5 cm³/mol. The molecule has 0 N–H and O–H groups in total. The maximum absolute atomic E-state index is 14.1. The fraction of sp³-hybridized carbons (Fsp3) is 1.00. The molecule has 0 radical (unpaired) electrons. The van der Waals surface area contributed by atoms with Gasteiger partial charge >= 0.3 is 0 Å². The fourth-order valence-corrected chi connectivity index (χ4v) is 2.16. The lowest BCUT2D eigenvalue weighted by molar-refractivity contribution is 0.0804. The summed E-state index contributed by atoms with van der Waals surface area (Å²) in [5, 5.41) is 0. The molecule has 1 rings (SSSR count). The Bertz CT molecular complexity index is 239. The first-order chi connectivity index (χ1) is 7.03. The van der Waals surface area contributed by atoms with Crippen LogP contribution in [0.3, 0.4) is 0 Å². The van der Waals surface area contributed by atoms with Crippen LogP contribution in [0.1, 0.15) is 41.5 Å². The minimum absolute atomic E-state index is 0.0271. The van der Waals surface area contributed by atoms with Crippen LogP contribution in [-0.4, -0.2) is 53.2 Å². The molecule has 1 aliphatic heterocycles. The third-order valence-electron chi connectivity index (χ3n) is 3.72. The van der Waals surface area contributed by atoms with Gasteiger partial charge < -0.3 is 0 Å². The second-order valence-electron chi connectivity index (χ2n) is 6.94. The van der Waals surface area contributed by atoms with Gasteiger partial charge in [-0.2, -0.15) is 0 Å². The second-order valence-corrected chi connectivity index (χ2v) is 6.94. The van der Waals surface area contributed by atoms with E-state index in [-0.39, 0.29) is 17.1 Å². The zero-order valence-corrected chi connectivity index (χ0v) is 11.8. The molecular formula is C13H27FN2. The molecule has 1 heterocycles. The summed E-state index contributed by atoms with van der Waals surface area (Å²) in [7, 11) is 2.03. The van der Waals surface area contributed by atoms with Crippen LogP contribution in [0.5, 0.6) is 0 Å². The highest BCUT2D eigenvalue weighted by Crippen LogP contribution is 2.28. The maximum atomic E-state index is 14.1. The Balaban J connectivity index is 2.72. The first-order valence-corrected chi connectivity index (χ1v) is 6.15. The molecule has 1 unspecified atom stereocenters. The minimum atomic E-state index is -0.733. The Kier molecular flexibility index (Phi) is 3.71. The normalized spacial score (nSPS) is 29.1. The van der Waals surface area contributed by atoms with Gasteiger partial charge in [-0.25, -0.2) is 4.39 Å². The van der Waals surface area contributed by atoms with Gasteiger partial charge in [0.05, 0.1) is 6.04 Å². The second kappa shape index (κ2) is 4.26. The molecule has 0 amide bonds.